The van der Waals surface area contributed by atoms with E-state index in [0.29, 0.717) is 12.0 Å². The SMILES string of the molecule is CC(C)C(C)NCCc1nc(C2CC2)cs1. The molecular formula is C13H22N2S. The smallest absolute Gasteiger partial charge is 0.0941 e. The van der Waals surface area contributed by atoms with E-state index >= 15 is 0 Å². The molecule has 1 saturated carbocycles. The number of hydrogen-bond donors (Lipinski definition) is 1. The standard InChI is InChI=1S/C13H22N2S/c1-9(2)10(3)14-7-6-13-15-12(8-16-13)11-4-5-11/h8-11,14H,4-7H2,1-3H3. The van der Waals surface area contributed by atoms with Crippen molar-refractivity contribution < 1.29 is 0 Å². The Morgan fingerprint density at radius 2 is 2.19 bits per heavy atom. The molecule has 0 saturated heterocycles. The highest BCUT2D eigenvalue weighted by Gasteiger charge is 2.25. The highest BCUT2D eigenvalue weighted by molar-refractivity contribution is 7.09. The second kappa shape index (κ2) is 5.28. The van der Waals surface area contributed by atoms with Crippen molar-refractivity contribution >= 4 is 11.3 Å². The van der Waals surface area contributed by atoms with Gasteiger partial charge in [0, 0.05) is 30.3 Å². The van der Waals surface area contributed by atoms with Crippen molar-refractivity contribution in [2.24, 2.45) is 5.92 Å². The summed E-state index contributed by atoms with van der Waals surface area (Å²) in [6, 6.07) is 0.600. The maximum absolute atomic E-state index is 4.69. The molecule has 0 bridgehead atoms. The highest BCUT2D eigenvalue weighted by atomic mass is 32.1. The minimum Gasteiger partial charge on any atom is -0.314 e. The van der Waals surface area contributed by atoms with E-state index in [1.807, 2.05) is 11.3 Å². The van der Waals surface area contributed by atoms with E-state index in [2.05, 4.69) is 31.5 Å². The first kappa shape index (κ1) is 12.1. The van der Waals surface area contributed by atoms with Gasteiger partial charge in [0.15, 0.2) is 0 Å². The van der Waals surface area contributed by atoms with Gasteiger partial charge in [0.2, 0.25) is 0 Å². The van der Waals surface area contributed by atoms with Gasteiger partial charge >= 0.3 is 0 Å². The minimum absolute atomic E-state index is 0.600. The predicted molar refractivity (Wildman–Crippen MR) is 70.1 cm³/mol. The molecule has 0 amide bonds. The van der Waals surface area contributed by atoms with Gasteiger partial charge in [-0.15, -0.1) is 11.3 Å². The molecule has 1 fully saturated rings. The van der Waals surface area contributed by atoms with E-state index < -0.39 is 0 Å². The van der Waals surface area contributed by atoms with E-state index in [9.17, 15) is 0 Å². The molecule has 1 heterocycles. The Balaban J connectivity index is 1.72. The molecule has 2 rings (SSSR count). The molecule has 16 heavy (non-hydrogen) atoms. The topological polar surface area (TPSA) is 24.9 Å². The van der Waals surface area contributed by atoms with E-state index in [1.54, 1.807) is 0 Å². The van der Waals surface area contributed by atoms with Gasteiger partial charge in [-0.1, -0.05) is 13.8 Å². The summed E-state index contributed by atoms with van der Waals surface area (Å²) in [5.41, 5.74) is 1.34. The van der Waals surface area contributed by atoms with E-state index in [4.69, 9.17) is 4.98 Å². The quantitative estimate of drug-likeness (QED) is 0.823. The number of nitrogens with zero attached hydrogens (tertiary/aromatic N) is 1. The zero-order valence-corrected chi connectivity index (χ0v) is 11.3. The first-order valence-corrected chi connectivity index (χ1v) is 7.22. The molecule has 1 aromatic rings. The van der Waals surface area contributed by atoms with Gasteiger partial charge in [0.1, 0.15) is 0 Å². The summed E-state index contributed by atoms with van der Waals surface area (Å²) < 4.78 is 0. The molecule has 1 unspecified atom stereocenters. The molecule has 3 heteroatoms. The lowest BCUT2D eigenvalue weighted by atomic mass is 10.1. The third-order valence-corrected chi connectivity index (χ3v) is 4.30. The van der Waals surface area contributed by atoms with Crippen LogP contribution in [0.3, 0.4) is 0 Å². The number of aromatic nitrogens is 1. The summed E-state index contributed by atoms with van der Waals surface area (Å²) in [5.74, 6) is 1.51. The van der Waals surface area contributed by atoms with Gasteiger partial charge in [0.25, 0.3) is 0 Å². The fourth-order valence-corrected chi connectivity index (χ4v) is 2.53. The Labute approximate surface area is 102 Å². The molecule has 1 N–H and O–H groups in total. The van der Waals surface area contributed by atoms with Crippen molar-refractivity contribution in [3.63, 3.8) is 0 Å². The van der Waals surface area contributed by atoms with Gasteiger partial charge in [-0.05, 0) is 25.7 Å². The lowest BCUT2D eigenvalue weighted by Gasteiger charge is -2.16. The monoisotopic (exact) mass is 238 g/mol. The molecule has 1 aliphatic rings. The number of thiazole rings is 1. The average Bonchev–Trinajstić information content (AvgIpc) is 2.99. The summed E-state index contributed by atoms with van der Waals surface area (Å²) in [7, 11) is 0. The molecule has 90 valence electrons. The van der Waals surface area contributed by atoms with Crippen molar-refractivity contribution in [2.45, 2.75) is 52.0 Å². The fourth-order valence-electron chi connectivity index (χ4n) is 1.65. The lowest BCUT2D eigenvalue weighted by Crippen LogP contribution is -2.32. The van der Waals surface area contributed by atoms with Crippen molar-refractivity contribution in [2.75, 3.05) is 6.54 Å². The number of rotatable bonds is 6. The molecular weight excluding hydrogens is 216 g/mol. The largest absolute Gasteiger partial charge is 0.314 e. The fraction of sp³-hybridized carbons (Fsp3) is 0.769. The van der Waals surface area contributed by atoms with Crippen LogP contribution in [-0.2, 0) is 6.42 Å². The Kier molecular flexibility index (Phi) is 3.98. The van der Waals surface area contributed by atoms with E-state index in [0.717, 1.165) is 18.9 Å². The lowest BCUT2D eigenvalue weighted by molar-refractivity contribution is 0.430. The van der Waals surface area contributed by atoms with Crippen LogP contribution in [0.15, 0.2) is 5.38 Å². The number of nitrogens with one attached hydrogen (secondary N) is 1. The van der Waals surface area contributed by atoms with Crippen LogP contribution in [0.1, 0.15) is 50.2 Å². The van der Waals surface area contributed by atoms with Crippen molar-refractivity contribution in [1.82, 2.24) is 10.3 Å². The Hall–Kier alpha value is -0.410. The third-order valence-electron chi connectivity index (χ3n) is 3.37. The predicted octanol–water partition coefficient (Wildman–Crippen LogP) is 3.20. The molecule has 0 radical (unpaired) electrons. The van der Waals surface area contributed by atoms with E-state index in [1.165, 1.54) is 23.5 Å². The summed E-state index contributed by atoms with van der Waals surface area (Å²) >= 11 is 1.83. The zero-order valence-electron chi connectivity index (χ0n) is 10.5. The average molecular weight is 238 g/mol. The Morgan fingerprint density at radius 3 is 2.81 bits per heavy atom. The summed E-state index contributed by atoms with van der Waals surface area (Å²) in [5, 5.41) is 7.10. The first-order valence-electron chi connectivity index (χ1n) is 6.34. The first-order chi connectivity index (χ1) is 7.66. The van der Waals surface area contributed by atoms with Crippen LogP contribution in [0.25, 0.3) is 0 Å². The highest BCUT2D eigenvalue weighted by Crippen LogP contribution is 2.40. The van der Waals surface area contributed by atoms with Crippen molar-refractivity contribution in [3.8, 4) is 0 Å². The maximum Gasteiger partial charge on any atom is 0.0941 e. The second-order valence-corrected chi connectivity index (χ2v) is 6.12. The van der Waals surface area contributed by atoms with Gasteiger partial charge in [-0.3, -0.25) is 0 Å². The molecule has 1 atom stereocenters. The Morgan fingerprint density at radius 1 is 1.44 bits per heavy atom. The minimum atomic E-state index is 0.600. The van der Waals surface area contributed by atoms with Crippen LogP contribution in [0.4, 0.5) is 0 Å². The number of hydrogen-bond acceptors (Lipinski definition) is 3. The molecule has 1 aliphatic carbocycles. The maximum atomic E-state index is 4.69. The molecule has 0 aromatic carbocycles. The van der Waals surface area contributed by atoms with Gasteiger partial charge in [-0.2, -0.15) is 0 Å². The molecule has 0 spiro atoms. The van der Waals surface area contributed by atoms with Crippen molar-refractivity contribution in [1.29, 1.82) is 0 Å². The van der Waals surface area contributed by atoms with Crippen LogP contribution < -0.4 is 5.32 Å². The van der Waals surface area contributed by atoms with Crippen LogP contribution in [0, 0.1) is 5.92 Å². The van der Waals surface area contributed by atoms with Crippen LogP contribution in [0.5, 0.6) is 0 Å². The van der Waals surface area contributed by atoms with Gasteiger partial charge in [-0.25, -0.2) is 4.98 Å². The summed E-state index contributed by atoms with van der Waals surface area (Å²) in [6.07, 6.45) is 3.78. The third kappa shape index (κ3) is 3.29. The molecule has 1 aromatic heterocycles. The van der Waals surface area contributed by atoms with Gasteiger partial charge in [0.05, 0.1) is 10.7 Å². The summed E-state index contributed by atoms with van der Waals surface area (Å²) in [4.78, 5) is 4.69. The van der Waals surface area contributed by atoms with Crippen LogP contribution in [-0.4, -0.2) is 17.6 Å². The second-order valence-electron chi connectivity index (χ2n) is 5.18. The molecule has 2 nitrogen and oxygen atoms in total. The summed E-state index contributed by atoms with van der Waals surface area (Å²) in [6.45, 7) is 7.82. The zero-order chi connectivity index (χ0) is 11.5. The Bertz CT molecular complexity index is 328. The van der Waals surface area contributed by atoms with Crippen LogP contribution in [0.2, 0.25) is 0 Å². The molecule has 0 aliphatic heterocycles. The van der Waals surface area contributed by atoms with Crippen molar-refractivity contribution in [3.05, 3.63) is 16.1 Å². The van der Waals surface area contributed by atoms with Gasteiger partial charge < -0.3 is 5.32 Å². The normalized spacial score (nSPS) is 18.0. The van der Waals surface area contributed by atoms with Crippen LogP contribution >= 0.6 is 11.3 Å². The van der Waals surface area contributed by atoms with E-state index in [-0.39, 0.29) is 0 Å².